The Morgan fingerprint density at radius 3 is 1.75 bits per heavy atom. The van der Waals surface area contributed by atoms with Crippen LogP contribution >= 0.6 is 0 Å². The molecule has 14 atom stereocenters. The highest BCUT2D eigenvalue weighted by Crippen LogP contribution is 2.81. The summed E-state index contributed by atoms with van der Waals surface area (Å²) >= 11 is 0. The molecule has 1 saturated heterocycles. The lowest BCUT2D eigenvalue weighted by Crippen LogP contribution is -2.70. The lowest BCUT2D eigenvalue weighted by atomic mass is 9.29. The molecule has 0 radical (unpaired) electrons. The van der Waals surface area contributed by atoms with Crippen LogP contribution in [0.1, 0.15) is 165 Å². The molecule has 6 fully saturated rings. The standard InChI is InChI=1S/C63H86O9Si/c1-41(2)45-29-36-63(40-68-73(12,13)57(3,4)5)38-37-62(11)60(9)34-30-47-58(6,7)49(32-33-59(47,8)48(60)31-35-61(62,10)52(45)63)70-56-51(72-55(66)44-27-21-16-22-28-44)50(71-54(65)43-25-19-15-20-26-43)46(69-56)39-67-53(64)42-23-17-14-18-24-42/h14-28,45-52,56H,1,29-40H2,2-13H3/t45-,46+,47?,48+,49-,50+,51+,52?,56-,59-,60+,61+,62-,63+/m0/s1. The van der Waals surface area contributed by atoms with Crippen molar-refractivity contribution in [2.75, 3.05) is 13.2 Å². The van der Waals surface area contributed by atoms with Crippen molar-refractivity contribution in [3.63, 3.8) is 0 Å². The first-order valence-corrected chi connectivity index (χ1v) is 30.6. The zero-order valence-corrected chi connectivity index (χ0v) is 47.2. The van der Waals surface area contributed by atoms with Gasteiger partial charge in [0.25, 0.3) is 0 Å². The maximum atomic E-state index is 14.0. The third kappa shape index (κ3) is 9.11. The van der Waals surface area contributed by atoms with Crippen molar-refractivity contribution in [2.45, 2.75) is 182 Å². The summed E-state index contributed by atoms with van der Waals surface area (Å²) in [5.41, 5.74) is 2.75. The van der Waals surface area contributed by atoms with Gasteiger partial charge in [-0.05, 0) is 182 Å². The fourth-order valence-corrected chi connectivity index (χ4v) is 17.7. The van der Waals surface area contributed by atoms with Gasteiger partial charge in [-0.1, -0.05) is 129 Å². The number of carbonyl (C=O) groups is 3. The highest BCUT2D eigenvalue weighted by molar-refractivity contribution is 6.74. The Hall–Kier alpha value is -4.09. The van der Waals surface area contributed by atoms with E-state index in [0.29, 0.717) is 40.4 Å². The minimum Gasteiger partial charge on any atom is -0.459 e. The van der Waals surface area contributed by atoms with E-state index in [2.05, 4.69) is 82.3 Å². The van der Waals surface area contributed by atoms with Gasteiger partial charge in [0.15, 0.2) is 26.8 Å². The summed E-state index contributed by atoms with van der Waals surface area (Å²) in [4.78, 5) is 41.3. The molecule has 0 bridgehead atoms. The molecule has 3 aromatic rings. The molecule has 0 amide bonds. The summed E-state index contributed by atoms with van der Waals surface area (Å²) < 4.78 is 39.8. The summed E-state index contributed by atoms with van der Waals surface area (Å²) in [7, 11) is -1.97. The van der Waals surface area contributed by atoms with Crippen LogP contribution in [0.15, 0.2) is 103 Å². The van der Waals surface area contributed by atoms with Gasteiger partial charge in [0.2, 0.25) is 0 Å². The molecule has 10 heteroatoms. The molecule has 73 heavy (non-hydrogen) atoms. The number of hydrogen-bond acceptors (Lipinski definition) is 9. The van der Waals surface area contributed by atoms with E-state index in [0.717, 1.165) is 32.3 Å². The second-order valence-corrected chi connectivity index (χ2v) is 31.5. The van der Waals surface area contributed by atoms with Crippen molar-refractivity contribution in [3.05, 3.63) is 120 Å². The van der Waals surface area contributed by atoms with Gasteiger partial charge < -0.3 is 28.1 Å². The van der Waals surface area contributed by atoms with Gasteiger partial charge in [0, 0.05) is 6.61 Å². The predicted molar refractivity (Wildman–Crippen MR) is 288 cm³/mol. The van der Waals surface area contributed by atoms with E-state index in [1.165, 1.54) is 44.1 Å². The number of benzene rings is 3. The van der Waals surface area contributed by atoms with E-state index in [4.69, 9.17) is 34.7 Å². The molecule has 9 rings (SSSR count). The molecule has 0 spiro atoms. The molecular formula is C63H86O9Si. The van der Waals surface area contributed by atoms with Gasteiger partial charge in [0.05, 0.1) is 22.8 Å². The Labute approximate surface area is 438 Å². The Bertz CT molecular complexity index is 2500. The molecule has 5 saturated carbocycles. The number of rotatable bonds is 13. The van der Waals surface area contributed by atoms with Crippen molar-refractivity contribution in [2.24, 2.45) is 56.2 Å². The van der Waals surface area contributed by atoms with E-state index in [1.807, 2.05) is 18.2 Å². The van der Waals surface area contributed by atoms with Crippen LogP contribution in [0.25, 0.3) is 0 Å². The fourth-order valence-electron chi connectivity index (χ4n) is 16.6. The van der Waals surface area contributed by atoms with E-state index < -0.39 is 50.8 Å². The first kappa shape index (κ1) is 53.7. The molecule has 396 valence electrons. The van der Waals surface area contributed by atoms with Crippen LogP contribution in [0.2, 0.25) is 18.1 Å². The fraction of sp³-hybridized carbons (Fsp3) is 0.635. The third-order valence-corrected chi connectivity index (χ3v) is 26.4. The van der Waals surface area contributed by atoms with E-state index in [-0.39, 0.29) is 50.2 Å². The minimum atomic E-state index is -1.97. The molecule has 3 aromatic carbocycles. The lowest BCUT2D eigenvalue weighted by molar-refractivity contribution is -0.292. The second-order valence-electron chi connectivity index (χ2n) is 26.7. The maximum Gasteiger partial charge on any atom is 0.338 e. The highest BCUT2D eigenvalue weighted by atomic mass is 28.4. The van der Waals surface area contributed by atoms with E-state index >= 15 is 0 Å². The van der Waals surface area contributed by atoms with Crippen LogP contribution in [0, 0.1) is 56.2 Å². The first-order valence-electron chi connectivity index (χ1n) is 27.7. The number of fused-ring (bicyclic) bond motifs is 7. The van der Waals surface area contributed by atoms with Gasteiger partial charge in [-0.15, -0.1) is 0 Å². The molecule has 6 aliphatic rings. The molecule has 2 unspecified atom stereocenters. The number of hydrogen-bond donors (Lipinski definition) is 0. The largest absolute Gasteiger partial charge is 0.459 e. The quantitative estimate of drug-likeness (QED) is 0.0716. The zero-order valence-electron chi connectivity index (χ0n) is 46.2. The van der Waals surface area contributed by atoms with Gasteiger partial charge in [-0.25, -0.2) is 14.4 Å². The monoisotopic (exact) mass is 1010 g/mol. The number of carbonyl (C=O) groups excluding carboxylic acids is 3. The van der Waals surface area contributed by atoms with Gasteiger partial charge in [-0.2, -0.15) is 0 Å². The molecule has 1 heterocycles. The number of esters is 3. The van der Waals surface area contributed by atoms with Gasteiger partial charge in [0.1, 0.15) is 12.7 Å². The predicted octanol–water partition coefficient (Wildman–Crippen LogP) is 14.5. The van der Waals surface area contributed by atoms with Crippen molar-refractivity contribution >= 4 is 26.2 Å². The summed E-state index contributed by atoms with van der Waals surface area (Å²) in [5.74, 6) is 0.179. The van der Waals surface area contributed by atoms with Crippen LogP contribution in [0.4, 0.5) is 0 Å². The number of ether oxygens (including phenoxy) is 5. The molecule has 1 aliphatic heterocycles. The van der Waals surface area contributed by atoms with E-state index in [1.54, 1.807) is 72.8 Å². The normalized spacial score (nSPS) is 37.7. The van der Waals surface area contributed by atoms with Crippen molar-refractivity contribution < 1.29 is 42.5 Å². The molecule has 0 aromatic heterocycles. The lowest BCUT2D eigenvalue weighted by Gasteiger charge is -2.76. The van der Waals surface area contributed by atoms with Gasteiger partial charge >= 0.3 is 17.9 Å². The van der Waals surface area contributed by atoms with Crippen LogP contribution in [0.3, 0.4) is 0 Å². The first-order chi connectivity index (χ1) is 34.3. The van der Waals surface area contributed by atoms with Crippen LogP contribution in [0.5, 0.6) is 0 Å². The third-order valence-electron chi connectivity index (χ3n) is 21.9. The zero-order chi connectivity index (χ0) is 52.6. The second kappa shape index (κ2) is 19.5. The van der Waals surface area contributed by atoms with Crippen molar-refractivity contribution in [3.8, 4) is 0 Å². The van der Waals surface area contributed by atoms with Crippen molar-refractivity contribution in [1.82, 2.24) is 0 Å². The summed E-state index contributed by atoms with van der Waals surface area (Å²) in [6, 6.07) is 26.2. The molecular weight excluding hydrogens is 929 g/mol. The Kier molecular flexibility index (Phi) is 14.3. The Morgan fingerprint density at radius 2 is 1.19 bits per heavy atom. The van der Waals surface area contributed by atoms with Gasteiger partial charge in [-0.3, -0.25) is 0 Å². The minimum absolute atomic E-state index is 0.0573. The average molecular weight is 1020 g/mol. The Balaban J connectivity index is 0.993. The summed E-state index contributed by atoms with van der Waals surface area (Å²) in [6.45, 7) is 35.1. The number of allylic oxidation sites excluding steroid dienone is 1. The van der Waals surface area contributed by atoms with Crippen LogP contribution in [-0.2, 0) is 28.1 Å². The molecule has 9 nitrogen and oxygen atoms in total. The maximum absolute atomic E-state index is 14.0. The average Bonchev–Trinajstić information content (AvgIpc) is 3.90. The van der Waals surface area contributed by atoms with Crippen LogP contribution in [-0.4, -0.2) is 70.1 Å². The summed E-state index contributed by atoms with van der Waals surface area (Å²) in [5, 5.41) is 0.165. The van der Waals surface area contributed by atoms with Crippen molar-refractivity contribution in [1.29, 1.82) is 0 Å². The SMILES string of the molecule is C=C(C)[C@@H]1CC[C@]2(CO[Si](C)(C)C(C)(C)C)CC[C@]3(C)[C@](C)(CC[C@@H]4[C@@]5(C)CC[C@H](O[C@@H]6O[C@H](COC(=O)c7ccccc7)[C@@H](OC(=O)c7ccccc7)[C@H]6OC(=O)c6ccccc6)C(C)(C)C5CC[C@]43C)C12. The molecule has 0 N–H and O–H groups in total. The topological polar surface area (TPSA) is 107 Å². The highest BCUT2D eigenvalue weighted by Gasteiger charge is 2.75. The van der Waals surface area contributed by atoms with E-state index in [9.17, 15) is 14.4 Å². The Morgan fingerprint density at radius 1 is 0.658 bits per heavy atom. The summed E-state index contributed by atoms with van der Waals surface area (Å²) in [6.07, 6.45) is 6.63. The smallest absolute Gasteiger partial charge is 0.338 e. The van der Waals surface area contributed by atoms with Crippen LogP contribution < -0.4 is 0 Å². The molecule has 5 aliphatic carbocycles.